The number of nitrogens with one attached hydrogen (secondary N) is 1. The zero-order valence-corrected chi connectivity index (χ0v) is 10.8. The second-order valence-electron chi connectivity index (χ2n) is 4.43. The zero-order chi connectivity index (χ0) is 12.4. The number of nitrogens with zero attached hydrogens (tertiary/aromatic N) is 1. The number of thiocarbonyl (C=S) groups is 1. The topological polar surface area (TPSA) is 32.3 Å². The summed E-state index contributed by atoms with van der Waals surface area (Å²) in [6.07, 6.45) is 0. The molecule has 1 saturated heterocycles. The Hall–Kier alpha value is -1.42. The van der Waals surface area contributed by atoms with Gasteiger partial charge >= 0.3 is 0 Å². The number of carbonyl (C=O) groups is 1. The molecule has 1 aliphatic rings. The summed E-state index contributed by atoms with van der Waals surface area (Å²) < 4.78 is 0. The van der Waals surface area contributed by atoms with Gasteiger partial charge in [0.15, 0.2) is 5.11 Å². The van der Waals surface area contributed by atoms with Gasteiger partial charge in [0.1, 0.15) is 6.04 Å². The van der Waals surface area contributed by atoms with Gasteiger partial charge in [0, 0.05) is 6.54 Å². The van der Waals surface area contributed by atoms with Crippen molar-refractivity contribution in [3.63, 3.8) is 0 Å². The van der Waals surface area contributed by atoms with Crippen LogP contribution in [0.2, 0.25) is 0 Å². The summed E-state index contributed by atoms with van der Waals surface area (Å²) in [7, 11) is 0. The van der Waals surface area contributed by atoms with Gasteiger partial charge in [0.2, 0.25) is 0 Å². The van der Waals surface area contributed by atoms with E-state index in [0.29, 0.717) is 11.7 Å². The Bertz CT molecular complexity index is 432. The average Bonchev–Trinajstić information content (AvgIpc) is 2.57. The molecule has 0 unspecified atom stereocenters. The third-order valence-corrected chi connectivity index (χ3v) is 3.38. The Balaban J connectivity index is 2.07. The second-order valence-corrected chi connectivity index (χ2v) is 4.82. The van der Waals surface area contributed by atoms with Gasteiger partial charge in [0.25, 0.3) is 5.91 Å². The van der Waals surface area contributed by atoms with Crippen LogP contribution in [0.25, 0.3) is 0 Å². The van der Waals surface area contributed by atoms with Crippen LogP contribution in [0.1, 0.15) is 25.3 Å². The summed E-state index contributed by atoms with van der Waals surface area (Å²) in [5, 5.41) is 3.53. The Labute approximate surface area is 107 Å². The third kappa shape index (κ3) is 2.47. The summed E-state index contributed by atoms with van der Waals surface area (Å²) in [5.41, 5.74) is 1.22. The van der Waals surface area contributed by atoms with Gasteiger partial charge in [-0.3, -0.25) is 9.69 Å². The van der Waals surface area contributed by atoms with Gasteiger partial charge in [-0.25, -0.2) is 0 Å². The van der Waals surface area contributed by atoms with Gasteiger partial charge in [-0.15, -0.1) is 0 Å². The molecule has 1 fully saturated rings. The van der Waals surface area contributed by atoms with Crippen molar-refractivity contribution in [3.05, 3.63) is 35.9 Å². The van der Waals surface area contributed by atoms with Crippen LogP contribution < -0.4 is 5.32 Å². The van der Waals surface area contributed by atoms with E-state index in [1.807, 2.05) is 25.1 Å². The van der Waals surface area contributed by atoms with Crippen molar-refractivity contribution >= 4 is 23.2 Å². The van der Waals surface area contributed by atoms with Crippen LogP contribution in [0.3, 0.4) is 0 Å². The summed E-state index contributed by atoms with van der Waals surface area (Å²) >= 11 is 5.16. The van der Waals surface area contributed by atoms with Crippen molar-refractivity contribution in [2.45, 2.75) is 25.8 Å². The highest BCUT2D eigenvalue weighted by Crippen LogP contribution is 2.18. The summed E-state index contributed by atoms with van der Waals surface area (Å²) in [5.74, 6) is 0.350. The van der Waals surface area contributed by atoms with Gasteiger partial charge < -0.3 is 5.32 Å². The first-order valence-corrected chi connectivity index (χ1v) is 6.17. The lowest BCUT2D eigenvalue weighted by molar-refractivity contribution is -0.126. The van der Waals surface area contributed by atoms with E-state index >= 15 is 0 Å². The van der Waals surface area contributed by atoms with E-state index in [4.69, 9.17) is 12.2 Å². The molecule has 1 aliphatic heterocycles. The summed E-state index contributed by atoms with van der Waals surface area (Å²) in [6.45, 7) is 4.58. The molecule has 0 aliphatic carbocycles. The fraction of sp³-hybridized carbons (Fsp3) is 0.385. The molecule has 0 spiro atoms. The maximum absolute atomic E-state index is 11.9. The molecule has 0 saturated carbocycles. The first kappa shape index (κ1) is 12.0. The molecule has 0 radical (unpaired) electrons. The van der Waals surface area contributed by atoms with Crippen molar-refractivity contribution in [3.8, 4) is 0 Å². The van der Waals surface area contributed by atoms with E-state index in [-0.39, 0.29) is 17.9 Å². The Morgan fingerprint density at radius 1 is 1.41 bits per heavy atom. The molecule has 2 rings (SSSR count). The van der Waals surface area contributed by atoms with Crippen LogP contribution >= 0.6 is 12.2 Å². The molecule has 1 aromatic rings. The van der Waals surface area contributed by atoms with Gasteiger partial charge in [-0.05, 0) is 30.6 Å². The minimum Gasteiger partial charge on any atom is -0.351 e. The van der Waals surface area contributed by atoms with Crippen molar-refractivity contribution in [1.82, 2.24) is 10.2 Å². The van der Waals surface area contributed by atoms with Crippen molar-refractivity contribution in [2.75, 3.05) is 6.54 Å². The van der Waals surface area contributed by atoms with Gasteiger partial charge in [-0.1, -0.05) is 37.3 Å². The highest BCUT2D eigenvalue weighted by Gasteiger charge is 2.32. The maximum Gasteiger partial charge on any atom is 0.251 e. The number of hydrogen-bond acceptors (Lipinski definition) is 2. The molecule has 4 heteroatoms. The van der Waals surface area contributed by atoms with Crippen LogP contribution in [-0.2, 0) is 4.79 Å². The molecule has 1 N–H and O–H groups in total. The minimum atomic E-state index is -0.189. The Morgan fingerprint density at radius 2 is 2.06 bits per heavy atom. The standard InChI is InChI=1S/C13H16N2OS/c1-9(11-6-4-3-5-7-11)8-15-12(16)10(2)14-13(15)17/h3-7,9-10H,8H2,1-2H3,(H,14,17)/t9-,10-/m0/s1. The maximum atomic E-state index is 11.9. The summed E-state index contributed by atoms with van der Waals surface area (Å²) in [4.78, 5) is 13.5. The Morgan fingerprint density at radius 3 is 2.59 bits per heavy atom. The first-order valence-electron chi connectivity index (χ1n) is 5.76. The van der Waals surface area contributed by atoms with E-state index in [0.717, 1.165) is 0 Å². The molecule has 17 heavy (non-hydrogen) atoms. The van der Waals surface area contributed by atoms with Crippen molar-refractivity contribution in [2.24, 2.45) is 0 Å². The first-order chi connectivity index (χ1) is 8.09. The zero-order valence-electron chi connectivity index (χ0n) is 10.0. The number of benzene rings is 1. The van der Waals surface area contributed by atoms with E-state index in [9.17, 15) is 4.79 Å². The fourth-order valence-electron chi connectivity index (χ4n) is 1.99. The molecular weight excluding hydrogens is 232 g/mol. The van der Waals surface area contributed by atoms with Crippen LogP contribution in [-0.4, -0.2) is 28.5 Å². The third-order valence-electron chi connectivity index (χ3n) is 3.05. The largest absolute Gasteiger partial charge is 0.351 e. The van der Waals surface area contributed by atoms with E-state index in [1.165, 1.54) is 5.56 Å². The molecule has 90 valence electrons. The van der Waals surface area contributed by atoms with Crippen LogP contribution in [0.4, 0.5) is 0 Å². The lowest BCUT2D eigenvalue weighted by Gasteiger charge is -2.20. The summed E-state index contributed by atoms with van der Waals surface area (Å²) in [6, 6.07) is 9.97. The number of carbonyl (C=O) groups excluding carboxylic acids is 1. The monoisotopic (exact) mass is 248 g/mol. The highest BCUT2D eigenvalue weighted by molar-refractivity contribution is 7.80. The molecule has 1 heterocycles. The van der Waals surface area contributed by atoms with Gasteiger partial charge in [-0.2, -0.15) is 0 Å². The quantitative estimate of drug-likeness (QED) is 0.829. The fourth-order valence-corrected chi connectivity index (χ4v) is 2.33. The van der Waals surface area contributed by atoms with Crippen LogP contribution in [0.15, 0.2) is 30.3 Å². The number of amides is 1. The number of rotatable bonds is 3. The minimum absolute atomic E-state index is 0.0674. The van der Waals surface area contributed by atoms with Crippen LogP contribution in [0.5, 0.6) is 0 Å². The van der Waals surface area contributed by atoms with E-state index in [1.54, 1.807) is 4.90 Å². The molecule has 1 amide bonds. The molecule has 0 aromatic heterocycles. The smallest absolute Gasteiger partial charge is 0.251 e. The highest BCUT2D eigenvalue weighted by atomic mass is 32.1. The van der Waals surface area contributed by atoms with E-state index in [2.05, 4.69) is 24.4 Å². The predicted octanol–water partition coefficient (Wildman–Crippen LogP) is 1.90. The normalized spacial score (nSPS) is 21.5. The van der Waals surface area contributed by atoms with Gasteiger partial charge in [0.05, 0.1) is 0 Å². The molecule has 1 aromatic carbocycles. The second kappa shape index (κ2) is 4.84. The Kier molecular flexibility index (Phi) is 3.43. The lowest BCUT2D eigenvalue weighted by atomic mass is 10.0. The molecule has 0 bridgehead atoms. The van der Waals surface area contributed by atoms with Crippen LogP contribution in [0, 0.1) is 0 Å². The lowest BCUT2D eigenvalue weighted by Crippen LogP contribution is -2.34. The predicted molar refractivity (Wildman–Crippen MR) is 71.8 cm³/mol. The molecule has 2 atom stereocenters. The average molecular weight is 248 g/mol. The van der Waals surface area contributed by atoms with E-state index < -0.39 is 0 Å². The molecule has 3 nitrogen and oxygen atoms in total. The molecular formula is C13H16N2OS. The SMILES string of the molecule is C[C@@H]1NC(=S)N(C[C@H](C)c2ccccc2)C1=O. The number of hydrogen-bond donors (Lipinski definition) is 1. The van der Waals surface area contributed by atoms with Crippen molar-refractivity contribution < 1.29 is 4.79 Å². The van der Waals surface area contributed by atoms with Crippen molar-refractivity contribution in [1.29, 1.82) is 0 Å².